The number of carbonyl (C=O) groups is 1. The first-order valence-corrected chi connectivity index (χ1v) is 12.2. The third-order valence-electron chi connectivity index (χ3n) is 6.00. The lowest BCUT2D eigenvalue weighted by atomic mass is 10.0. The number of benzene rings is 3. The largest absolute Gasteiger partial charge is 0.442 e. The van der Waals surface area contributed by atoms with Gasteiger partial charge in [0.2, 0.25) is 0 Å². The van der Waals surface area contributed by atoms with E-state index in [0.29, 0.717) is 5.56 Å². The molecule has 0 spiro atoms. The van der Waals surface area contributed by atoms with Crippen molar-refractivity contribution in [3.05, 3.63) is 78.4 Å². The van der Waals surface area contributed by atoms with Crippen LogP contribution < -0.4 is 0 Å². The molecule has 1 saturated carbocycles. The summed E-state index contributed by atoms with van der Waals surface area (Å²) in [5, 5.41) is 2.35. The van der Waals surface area contributed by atoms with Gasteiger partial charge < -0.3 is 4.74 Å². The van der Waals surface area contributed by atoms with Crippen LogP contribution in [0.5, 0.6) is 0 Å². The zero-order chi connectivity index (χ0) is 21.3. The molecule has 0 saturated heterocycles. The van der Waals surface area contributed by atoms with Crippen LogP contribution in [-0.4, -0.2) is 11.6 Å². The monoisotopic (exact) mass is 425 g/mol. The van der Waals surface area contributed by atoms with Gasteiger partial charge in [0.1, 0.15) is 0 Å². The summed E-state index contributed by atoms with van der Waals surface area (Å²) in [5.74, 6) is 6.13. The van der Waals surface area contributed by atoms with E-state index in [9.17, 15) is 4.79 Å². The molecule has 3 heteroatoms. The molecule has 2 nitrogen and oxygen atoms in total. The second kappa shape index (κ2) is 8.21. The highest BCUT2D eigenvalue weighted by Crippen LogP contribution is 2.48. The van der Waals surface area contributed by atoms with Gasteiger partial charge in [-0.3, -0.25) is 0 Å². The van der Waals surface area contributed by atoms with Crippen molar-refractivity contribution >= 4 is 36.6 Å². The van der Waals surface area contributed by atoms with Crippen LogP contribution in [0.1, 0.15) is 49.4 Å². The molecule has 31 heavy (non-hydrogen) atoms. The summed E-state index contributed by atoms with van der Waals surface area (Å²) in [6.45, 7) is 2.03. The van der Waals surface area contributed by atoms with E-state index in [4.69, 9.17) is 4.74 Å². The van der Waals surface area contributed by atoms with E-state index >= 15 is 0 Å². The molecule has 0 aliphatic heterocycles. The summed E-state index contributed by atoms with van der Waals surface area (Å²) >= 11 is 0. The summed E-state index contributed by atoms with van der Waals surface area (Å²) < 4.78 is 8.62. The molecule has 1 unspecified atom stereocenters. The molecule has 1 aliphatic carbocycles. The second-order valence-corrected chi connectivity index (χ2v) is 10.0. The minimum atomic E-state index is -0.613. The van der Waals surface area contributed by atoms with Gasteiger partial charge in [-0.05, 0) is 68.1 Å². The molecule has 0 radical (unpaired) electrons. The predicted molar refractivity (Wildman–Crippen MR) is 130 cm³/mol. The summed E-state index contributed by atoms with van der Waals surface area (Å²) in [6, 6.07) is 25.2. The molecule has 3 aromatic carbocycles. The number of ether oxygens (including phenoxy) is 1. The average molecular weight is 426 g/mol. The Hall–Kier alpha value is -3.09. The van der Waals surface area contributed by atoms with Gasteiger partial charge in [0.05, 0.1) is 5.56 Å². The number of esters is 1. The minimum absolute atomic E-state index is 0.153. The van der Waals surface area contributed by atoms with E-state index in [1.54, 1.807) is 0 Å². The molecule has 154 valence electrons. The number of thiophene rings is 1. The summed E-state index contributed by atoms with van der Waals surface area (Å²) in [6.07, 6.45) is 4.55. The fraction of sp³-hybridized carbons (Fsp3) is 0.250. The summed E-state index contributed by atoms with van der Waals surface area (Å²) in [7, 11) is -0.153. The van der Waals surface area contributed by atoms with Crippen LogP contribution in [-0.2, 0) is 4.74 Å². The normalized spacial score (nSPS) is 15.6. The Bertz CT molecular complexity index is 1320. The van der Waals surface area contributed by atoms with Gasteiger partial charge in [-0.2, -0.15) is 0 Å². The first-order valence-electron chi connectivity index (χ1n) is 11.0. The molecule has 1 heterocycles. The lowest BCUT2D eigenvalue weighted by Crippen LogP contribution is -2.30. The zero-order valence-corrected chi connectivity index (χ0v) is 18.5. The van der Waals surface area contributed by atoms with E-state index in [1.165, 1.54) is 19.7 Å². The Kier molecular flexibility index (Phi) is 5.26. The Labute approximate surface area is 185 Å². The molecule has 5 rings (SSSR count). The standard InChI is InChI=1S/C28H25O2S/c1-2-3-17-28(18-9-10-19-28)30-27(29)21-15-16-26-24(20-21)23-13-7-8-14-25(23)31(26)22-11-5-4-6-12-22/h4-8,11-16,20H,2,9-10,18-19H2,1H3/q+1. The fourth-order valence-corrected chi connectivity index (χ4v) is 6.91. The zero-order valence-electron chi connectivity index (χ0n) is 17.7. The van der Waals surface area contributed by atoms with Crippen LogP contribution in [0.4, 0.5) is 0 Å². The van der Waals surface area contributed by atoms with E-state index in [0.717, 1.165) is 37.5 Å². The van der Waals surface area contributed by atoms with Gasteiger partial charge in [0.15, 0.2) is 19.9 Å². The maximum Gasteiger partial charge on any atom is 0.339 e. The Morgan fingerprint density at radius 1 is 0.935 bits per heavy atom. The first kappa shape index (κ1) is 19.8. The third kappa shape index (κ3) is 3.62. The Morgan fingerprint density at radius 2 is 1.65 bits per heavy atom. The smallest absolute Gasteiger partial charge is 0.339 e. The molecule has 4 aromatic rings. The van der Waals surface area contributed by atoms with Crippen LogP contribution in [0.2, 0.25) is 0 Å². The van der Waals surface area contributed by atoms with E-state index < -0.39 is 5.60 Å². The topological polar surface area (TPSA) is 26.3 Å². The highest BCUT2D eigenvalue weighted by atomic mass is 32.2. The summed E-state index contributed by atoms with van der Waals surface area (Å²) in [4.78, 5) is 14.4. The van der Waals surface area contributed by atoms with Gasteiger partial charge >= 0.3 is 5.97 Å². The van der Waals surface area contributed by atoms with Crippen molar-refractivity contribution in [3.8, 4) is 16.7 Å². The second-order valence-electron chi connectivity index (χ2n) is 8.07. The minimum Gasteiger partial charge on any atom is -0.442 e. The molecular weight excluding hydrogens is 400 g/mol. The molecule has 0 amide bonds. The van der Waals surface area contributed by atoms with E-state index in [2.05, 4.69) is 72.5 Å². The number of fused-ring (bicyclic) bond motifs is 3. The van der Waals surface area contributed by atoms with Gasteiger partial charge in [-0.1, -0.05) is 49.1 Å². The molecule has 1 aliphatic rings. The quantitative estimate of drug-likeness (QED) is 0.192. The number of hydrogen-bond donors (Lipinski definition) is 0. The van der Waals surface area contributed by atoms with E-state index in [1.807, 2.05) is 19.1 Å². The van der Waals surface area contributed by atoms with Crippen molar-refractivity contribution in [3.63, 3.8) is 0 Å². The van der Waals surface area contributed by atoms with Crippen molar-refractivity contribution in [2.45, 2.75) is 44.6 Å². The molecular formula is C28H25O2S+. The van der Waals surface area contributed by atoms with E-state index in [-0.39, 0.29) is 16.4 Å². The van der Waals surface area contributed by atoms with Crippen molar-refractivity contribution in [1.82, 2.24) is 0 Å². The van der Waals surface area contributed by atoms with Crippen LogP contribution in [0.3, 0.4) is 0 Å². The Balaban J connectivity index is 1.59. The molecule has 1 aromatic heterocycles. The molecule has 0 N–H and O–H groups in total. The van der Waals surface area contributed by atoms with Crippen LogP contribution in [0.15, 0.2) is 72.8 Å². The van der Waals surface area contributed by atoms with Crippen molar-refractivity contribution in [2.75, 3.05) is 0 Å². The van der Waals surface area contributed by atoms with Crippen molar-refractivity contribution in [1.29, 1.82) is 0 Å². The van der Waals surface area contributed by atoms with Crippen LogP contribution in [0.25, 0.3) is 25.1 Å². The maximum atomic E-state index is 13.1. The van der Waals surface area contributed by atoms with Crippen molar-refractivity contribution in [2.24, 2.45) is 0 Å². The highest BCUT2D eigenvalue weighted by molar-refractivity contribution is 7.50. The predicted octanol–water partition coefficient (Wildman–Crippen LogP) is 7.61. The van der Waals surface area contributed by atoms with Gasteiger partial charge in [0.25, 0.3) is 0 Å². The van der Waals surface area contributed by atoms with Gasteiger partial charge in [-0.25, -0.2) is 4.79 Å². The number of hydrogen-bond acceptors (Lipinski definition) is 2. The molecule has 1 atom stereocenters. The third-order valence-corrected chi connectivity index (χ3v) is 8.34. The molecule has 1 fully saturated rings. The molecule has 0 bridgehead atoms. The van der Waals surface area contributed by atoms with Gasteiger partial charge in [-0.15, -0.1) is 0 Å². The van der Waals surface area contributed by atoms with Crippen LogP contribution >= 0.6 is 10.5 Å². The fourth-order valence-electron chi connectivity index (χ4n) is 4.53. The SMILES string of the molecule is CCC#CC1(OC(=O)c2ccc3c(c2)c2ccccc2[s+]3-c2ccccc2)CCCC1. The lowest BCUT2D eigenvalue weighted by molar-refractivity contribution is 0.0103. The number of carbonyl (C=O) groups excluding carboxylic acids is 1. The first-order chi connectivity index (χ1) is 15.2. The van der Waals surface area contributed by atoms with Gasteiger partial charge in [0, 0.05) is 27.7 Å². The lowest BCUT2D eigenvalue weighted by Gasteiger charge is -2.23. The summed E-state index contributed by atoms with van der Waals surface area (Å²) in [5.41, 5.74) is -0.00476. The Morgan fingerprint density at radius 3 is 2.42 bits per heavy atom. The van der Waals surface area contributed by atoms with Crippen molar-refractivity contribution < 1.29 is 9.53 Å². The average Bonchev–Trinajstić information content (AvgIpc) is 3.40. The highest BCUT2D eigenvalue weighted by Gasteiger charge is 2.36. The number of rotatable bonds is 3. The maximum absolute atomic E-state index is 13.1. The van der Waals surface area contributed by atoms with Crippen LogP contribution in [0, 0.1) is 11.8 Å².